The number of hydrogen-bond acceptors (Lipinski definition) is 5. The zero-order valence-corrected chi connectivity index (χ0v) is 15.6. The van der Waals surface area contributed by atoms with Gasteiger partial charge in [0.25, 0.3) is 0 Å². The zero-order chi connectivity index (χ0) is 18.4. The molecule has 0 spiro atoms. The molecular weight excluding hydrogens is 314 g/mol. The van der Waals surface area contributed by atoms with Crippen LogP contribution >= 0.6 is 0 Å². The second-order valence-electron chi connectivity index (χ2n) is 6.81. The highest BCUT2D eigenvalue weighted by atomic mass is 16.2. The molecule has 1 aromatic rings. The van der Waals surface area contributed by atoms with Crippen LogP contribution < -0.4 is 5.32 Å². The number of hydrogen-bond donors (Lipinski definition) is 1. The van der Waals surface area contributed by atoms with Crippen molar-refractivity contribution in [1.29, 1.82) is 0 Å². The van der Waals surface area contributed by atoms with Crippen LogP contribution in [0.4, 0.5) is 5.69 Å². The third kappa shape index (κ3) is 4.89. The molecule has 0 saturated carbocycles. The Morgan fingerprint density at radius 1 is 1.48 bits per heavy atom. The summed E-state index contributed by atoms with van der Waals surface area (Å²) in [7, 11) is 0. The van der Waals surface area contributed by atoms with Gasteiger partial charge in [-0.1, -0.05) is 26.3 Å². The van der Waals surface area contributed by atoms with E-state index in [0.29, 0.717) is 5.92 Å². The number of rotatable bonds is 8. The first-order chi connectivity index (χ1) is 12.0. The van der Waals surface area contributed by atoms with Gasteiger partial charge in [0.1, 0.15) is 0 Å². The van der Waals surface area contributed by atoms with E-state index in [0.717, 1.165) is 25.2 Å². The third-order valence-corrected chi connectivity index (χ3v) is 4.75. The fraction of sp³-hybridized carbons (Fsp3) is 0.526. The highest BCUT2D eigenvalue weighted by Crippen LogP contribution is 2.22. The maximum atomic E-state index is 12.6. The summed E-state index contributed by atoms with van der Waals surface area (Å²) in [6.45, 7) is 13.8. The minimum Gasteiger partial charge on any atom is -0.325 e. The topological polar surface area (TPSA) is 60.8 Å². The van der Waals surface area contributed by atoms with Gasteiger partial charge in [-0.2, -0.15) is 5.10 Å². The summed E-state index contributed by atoms with van der Waals surface area (Å²) in [5.74, 6) is 0.508. The number of allylic oxidation sites excluding steroid dienone is 1. The van der Waals surface area contributed by atoms with Crippen molar-refractivity contribution in [2.45, 2.75) is 46.2 Å². The highest BCUT2D eigenvalue weighted by molar-refractivity contribution is 5.94. The summed E-state index contributed by atoms with van der Waals surface area (Å²) in [5.41, 5.74) is 2.05. The molecule has 1 atom stereocenters. The normalized spacial score (nSPS) is 17.1. The van der Waals surface area contributed by atoms with Crippen LogP contribution in [0, 0.1) is 5.92 Å². The summed E-state index contributed by atoms with van der Waals surface area (Å²) in [6, 6.07) is 3.74. The molecule has 1 aromatic heterocycles. The monoisotopic (exact) mass is 343 g/mol. The lowest BCUT2D eigenvalue weighted by molar-refractivity contribution is -0.124. The fourth-order valence-electron chi connectivity index (χ4n) is 2.80. The Morgan fingerprint density at radius 2 is 2.12 bits per heavy atom. The van der Waals surface area contributed by atoms with Crippen molar-refractivity contribution in [3.05, 3.63) is 36.3 Å². The van der Waals surface area contributed by atoms with Gasteiger partial charge in [-0.05, 0) is 31.4 Å². The van der Waals surface area contributed by atoms with Crippen LogP contribution in [-0.2, 0) is 4.79 Å². The van der Waals surface area contributed by atoms with Crippen LogP contribution in [0.3, 0.4) is 0 Å². The fourth-order valence-corrected chi connectivity index (χ4v) is 2.80. The van der Waals surface area contributed by atoms with Crippen LogP contribution in [0.15, 0.2) is 41.4 Å². The predicted molar refractivity (Wildman–Crippen MR) is 102 cm³/mol. The molecule has 0 radical (unpaired) electrons. The molecule has 6 nitrogen and oxygen atoms in total. The molecule has 2 rings (SSSR count). The van der Waals surface area contributed by atoms with Gasteiger partial charge in [0.2, 0.25) is 5.91 Å². The average molecular weight is 343 g/mol. The van der Waals surface area contributed by atoms with E-state index in [1.165, 1.54) is 5.57 Å². The Balaban J connectivity index is 1.93. The van der Waals surface area contributed by atoms with Crippen LogP contribution in [0.1, 0.15) is 34.1 Å². The predicted octanol–water partition coefficient (Wildman–Crippen LogP) is 2.96. The van der Waals surface area contributed by atoms with E-state index >= 15 is 0 Å². The number of carbonyl (C=O) groups is 1. The van der Waals surface area contributed by atoms with E-state index in [1.54, 1.807) is 24.5 Å². The SMILES string of the molecule is C=NN(/C=C(\C)C(C)C)C1CN(C(CC)C(=O)Nc2ccncc2)C1. The van der Waals surface area contributed by atoms with Gasteiger partial charge in [0.15, 0.2) is 0 Å². The number of aromatic nitrogens is 1. The molecule has 1 saturated heterocycles. The van der Waals surface area contributed by atoms with Crippen molar-refractivity contribution in [1.82, 2.24) is 14.9 Å². The molecular formula is C19H29N5O. The molecule has 6 heteroatoms. The summed E-state index contributed by atoms with van der Waals surface area (Å²) in [4.78, 5) is 18.7. The van der Waals surface area contributed by atoms with Crippen molar-refractivity contribution in [3.8, 4) is 0 Å². The lowest BCUT2D eigenvalue weighted by Crippen LogP contribution is -2.62. The Morgan fingerprint density at radius 3 is 2.64 bits per heavy atom. The van der Waals surface area contributed by atoms with Gasteiger partial charge in [0, 0.05) is 44.1 Å². The Bertz CT molecular complexity index is 608. The van der Waals surface area contributed by atoms with Gasteiger partial charge in [-0.15, -0.1) is 0 Å². The number of nitrogens with zero attached hydrogens (tertiary/aromatic N) is 4. The molecule has 1 amide bonds. The average Bonchev–Trinajstić information content (AvgIpc) is 2.56. The van der Waals surface area contributed by atoms with E-state index in [2.05, 4.69) is 54.0 Å². The number of carbonyl (C=O) groups excluding carboxylic acids is 1. The Kier molecular flexibility index (Phi) is 6.70. The molecule has 1 N–H and O–H groups in total. The first-order valence-electron chi connectivity index (χ1n) is 8.84. The number of nitrogens with one attached hydrogen (secondary N) is 1. The van der Waals surface area contributed by atoms with Crippen molar-refractivity contribution >= 4 is 18.3 Å². The van der Waals surface area contributed by atoms with E-state index in [4.69, 9.17) is 0 Å². The number of likely N-dealkylation sites (tertiary alicyclic amines) is 1. The second-order valence-corrected chi connectivity index (χ2v) is 6.81. The molecule has 1 aliphatic heterocycles. The van der Waals surface area contributed by atoms with E-state index in [9.17, 15) is 4.79 Å². The molecule has 0 aliphatic carbocycles. The van der Waals surface area contributed by atoms with Gasteiger partial charge in [0.05, 0.1) is 12.1 Å². The summed E-state index contributed by atoms with van der Waals surface area (Å²) >= 11 is 0. The van der Waals surface area contributed by atoms with E-state index < -0.39 is 0 Å². The largest absolute Gasteiger partial charge is 0.325 e. The maximum absolute atomic E-state index is 12.6. The molecule has 1 unspecified atom stereocenters. The Labute approximate surface area is 150 Å². The van der Waals surface area contributed by atoms with Gasteiger partial charge < -0.3 is 5.32 Å². The van der Waals surface area contributed by atoms with Crippen molar-refractivity contribution < 1.29 is 4.79 Å². The van der Waals surface area contributed by atoms with Crippen LogP contribution in [0.5, 0.6) is 0 Å². The van der Waals surface area contributed by atoms with Gasteiger partial charge in [-0.3, -0.25) is 19.7 Å². The Hall–Kier alpha value is -2.21. The summed E-state index contributed by atoms with van der Waals surface area (Å²) in [6.07, 6.45) is 6.18. The van der Waals surface area contributed by atoms with Crippen LogP contribution in [0.2, 0.25) is 0 Å². The minimum atomic E-state index is -0.133. The summed E-state index contributed by atoms with van der Waals surface area (Å²) in [5, 5.41) is 9.03. The first-order valence-corrected chi connectivity index (χ1v) is 8.84. The standard InChI is InChI=1S/C19H29N5O/c1-6-18(19(25)22-16-7-9-21-10-8-16)23-12-17(13-23)24(20-5)11-15(4)14(2)3/h7-11,14,17-18H,5-6,12-13H2,1-4H3,(H,21,22,25)/b15-11+. The minimum absolute atomic E-state index is 0.0270. The quantitative estimate of drug-likeness (QED) is 0.582. The number of amides is 1. The molecule has 25 heavy (non-hydrogen) atoms. The van der Waals surface area contributed by atoms with Gasteiger partial charge in [-0.25, -0.2) is 0 Å². The van der Waals surface area contributed by atoms with E-state index in [-0.39, 0.29) is 18.0 Å². The molecule has 2 heterocycles. The molecule has 136 valence electrons. The molecule has 0 bridgehead atoms. The molecule has 1 fully saturated rings. The van der Waals surface area contributed by atoms with Crippen LogP contribution in [0.25, 0.3) is 0 Å². The first kappa shape index (κ1) is 19.1. The lowest BCUT2D eigenvalue weighted by Gasteiger charge is -2.46. The second kappa shape index (κ2) is 8.76. The van der Waals surface area contributed by atoms with Crippen molar-refractivity contribution in [2.24, 2.45) is 11.0 Å². The van der Waals surface area contributed by atoms with E-state index in [1.807, 2.05) is 11.9 Å². The third-order valence-electron chi connectivity index (χ3n) is 4.75. The smallest absolute Gasteiger partial charge is 0.241 e. The number of anilines is 1. The van der Waals surface area contributed by atoms with Gasteiger partial charge >= 0.3 is 0 Å². The van der Waals surface area contributed by atoms with Crippen LogP contribution in [-0.4, -0.2) is 52.7 Å². The highest BCUT2D eigenvalue weighted by Gasteiger charge is 2.37. The van der Waals surface area contributed by atoms with Crippen molar-refractivity contribution in [3.63, 3.8) is 0 Å². The maximum Gasteiger partial charge on any atom is 0.241 e. The number of pyridine rings is 1. The summed E-state index contributed by atoms with van der Waals surface area (Å²) < 4.78 is 0. The molecule has 1 aliphatic rings. The van der Waals surface area contributed by atoms with Crippen molar-refractivity contribution in [2.75, 3.05) is 18.4 Å². The number of hydrazone groups is 1. The zero-order valence-electron chi connectivity index (χ0n) is 15.6. The molecule has 0 aromatic carbocycles. The lowest BCUT2D eigenvalue weighted by atomic mass is 10.0.